The third-order valence-electron chi connectivity index (χ3n) is 5.01. The first-order valence-electron chi connectivity index (χ1n) is 8.55. The summed E-state index contributed by atoms with van der Waals surface area (Å²) in [7, 11) is 0. The Morgan fingerprint density at radius 3 is 2.83 bits per heavy atom. The standard InChI is InChI=1S/C16H22N6O2/c1-2-21(7-13(23)24)12-5-10(6-12)20-15-14-16(18-8-17-15)22(9-19-14)11-3-4-11/h8-12H,2-7H2,1H3,(H,23,24)(H,17,18,20). The van der Waals surface area contributed by atoms with E-state index < -0.39 is 5.97 Å². The number of fused-ring (bicyclic) bond motifs is 1. The Kier molecular flexibility index (Phi) is 3.84. The van der Waals surface area contributed by atoms with E-state index in [9.17, 15) is 4.79 Å². The molecule has 0 bridgehead atoms. The van der Waals surface area contributed by atoms with Crippen LogP contribution in [0, 0.1) is 0 Å². The summed E-state index contributed by atoms with van der Waals surface area (Å²) in [5, 5.41) is 12.4. The quantitative estimate of drug-likeness (QED) is 0.794. The number of likely N-dealkylation sites (N-methyl/N-ethyl adjacent to an activating group) is 1. The van der Waals surface area contributed by atoms with Crippen molar-refractivity contribution in [2.45, 2.75) is 50.7 Å². The SMILES string of the molecule is CCN(CC(=O)O)C1CC(Nc2ncnc3c2ncn3C2CC2)C1. The summed E-state index contributed by atoms with van der Waals surface area (Å²) in [6.45, 7) is 2.87. The first-order valence-corrected chi connectivity index (χ1v) is 8.55. The lowest BCUT2D eigenvalue weighted by molar-refractivity contribution is -0.139. The van der Waals surface area contributed by atoms with E-state index in [0.29, 0.717) is 18.1 Å². The van der Waals surface area contributed by atoms with Crippen LogP contribution in [0.5, 0.6) is 0 Å². The fraction of sp³-hybridized carbons (Fsp3) is 0.625. The van der Waals surface area contributed by atoms with Crippen molar-refractivity contribution in [3.05, 3.63) is 12.7 Å². The molecular formula is C16H22N6O2. The molecule has 0 atom stereocenters. The zero-order valence-electron chi connectivity index (χ0n) is 13.7. The Bertz CT molecular complexity index is 750. The molecule has 2 aliphatic rings. The highest BCUT2D eigenvalue weighted by Gasteiger charge is 2.34. The van der Waals surface area contributed by atoms with Gasteiger partial charge in [0.25, 0.3) is 0 Å². The van der Waals surface area contributed by atoms with E-state index in [-0.39, 0.29) is 6.54 Å². The van der Waals surface area contributed by atoms with Crippen LogP contribution in [-0.4, -0.2) is 60.7 Å². The van der Waals surface area contributed by atoms with E-state index in [1.807, 2.05) is 18.2 Å². The van der Waals surface area contributed by atoms with Crippen LogP contribution in [-0.2, 0) is 4.79 Å². The van der Waals surface area contributed by atoms with Crippen LogP contribution in [0.2, 0.25) is 0 Å². The van der Waals surface area contributed by atoms with Crippen molar-refractivity contribution in [1.29, 1.82) is 0 Å². The molecule has 2 N–H and O–H groups in total. The topological polar surface area (TPSA) is 96.2 Å². The Hall–Kier alpha value is -2.22. The highest BCUT2D eigenvalue weighted by molar-refractivity contribution is 5.83. The number of hydrogen-bond donors (Lipinski definition) is 2. The number of nitrogens with one attached hydrogen (secondary N) is 1. The van der Waals surface area contributed by atoms with E-state index in [1.54, 1.807) is 6.33 Å². The van der Waals surface area contributed by atoms with Gasteiger partial charge in [0.05, 0.1) is 12.9 Å². The fourth-order valence-corrected chi connectivity index (χ4v) is 3.45. The lowest BCUT2D eigenvalue weighted by atomic mass is 9.85. The van der Waals surface area contributed by atoms with E-state index >= 15 is 0 Å². The van der Waals surface area contributed by atoms with Crippen LogP contribution in [0.1, 0.15) is 38.6 Å². The van der Waals surface area contributed by atoms with Gasteiger partial charge in [0.15, 0.2) is 11.5 Å². The molecule has 24 heavy (non-hydrogen) atoms. The number of imidazole rings is 1. The molecule has 2 aromatic rings. The molecule has 0 radical (unpaired) electrons. The molecule has 0 amide bonds. The molecule has 0 aliphatic heterocycles. The number of aromatic nitrogens is 4. The van der Waals surface area contributed by atoms with Gasteiger partial charge in [-0.25, -0.2) is 15.0 Å². The number of hydrogen-bond acceptors (Lipinski definition) is 6. The molecule has 128 valence electrons. The Labute approximate surface area is 139 Å². The van der Waals surface area contributed by atoms with Crippen molar-refractivity contribution >= 4 is 23.0 Å². The van der Waals surface area contributed by atoms with Gasteiger partial charge < -0.3 is 15.0 Å². The number of nitrogens with zero attached hydrogens (tertiary/aromatic N) is 5. The van der Waals surface area contributed by atoms with Gasteiger partial charge in [0.1, 0.15) is 11.8 Å². The van der Waals surface area contributed by atoms with Gasteiger partial charge in [-0.05, 0) is 32.2 Å². The molecule has 8 heteroatoms. The van der Waals surface area contributed by atoms with Crippen molar-refractivity contribution in [2.75, 3.05) is 18.4 Å². The lowest BCUT2D eigenvalue weighted by Crippen LogP contribution is -2.51. The molecule has 2 aromatic heterocycles. The van der Waals surface area contributed by atoms with Gasteiger partial charge in [-0.2, -0.15) is 0 Å². The fourth-order valence-electron chi connectivity index (χ4n) is 3.45. The van der Waals surface area contributed by atoms with Gasteiger partial charge >= 0.3 is 5.97 Å². The maximum Gasteiger partial charge on any atom is 0.317 e. The van der Waals surface area contributed by atoms with E-state index in [2.05, 4.69) is 24.8 Å². The normalized spacial score (nSPS) is 23.4. The zero-order chi connectivity index (χ0) is 16.7. The first-order chi connectivity index (χ1) is 11.7. The highest BCUT2D eigenvalue weighted by Crippen LogP contribution is 2.37. The van der Waals surface area contributed by atoms with Crippen LogP contribution in [0.25, 0.3) is 11.2 Å². The summed E-state index contributed by atoms with van der Waals surface area (Å²) in [4.78, 5) is 26.1. The molecule has 0 spiro atoms. The molecule has 2 heterocycles. The van der Waals surface area contributed by atoms with E-state index in [1.165, 1.54) is 12.8 Å². The van der Waals surface area contributed by atoms with Crippen molar-refractivity contribution in [2.24, 2.45) is 0 Å². The molecule has 0 saturated heterocycles. The third kappa shape index (κ3) is 2.82. The van der Waals surface area contributed by atoms with Gasteiger partial charge in [-0.3, -0.25) is 9.69 Å². The average Bonchev–Trinajstić information content (AvgIpc) is 3.27. The minimum Gasteiger partial charge on any atom is -0.480 e. The number of carboxylic acids is 1. The van der Waals surface area contributed by atoms with Gasteiger partial charge in [-0.1, -0.05) is 6.92 Å². The zero-order valence-corrected chi connectivity index (χ0v) is 13.7. The maximum absolute atomic E-state index is 10.9. The first kappa shape index (κ1) is 15.3. The number of carboxylic acid groups (broad SMARTS) is 1. The van der Waals surface area contributed by atoms with Gasteiger partial charge in [-0.15, -0.1) is 0 Å². The summed E-state index contributed by atoms with van der Waals surface area (Å²) >= 11 is 0. The van der Waals surface area contributed by atoms with Crippen molar-refractivity contribution in [3.8, 4) is 0 Å². The molecule has 2 fully saturated rings. The van der Waals surface area contributed by atoms with Gasteiger partial charge in [0.2, 0.25) is 0 Å². The Morgan fingerprint density at radius 1 is 1.38 bits per heavy atom. The van der Waals surface area contributed by atoms with Gasteiger partial charge in [0, 0.05) is 18.1 Å². The van der Waals surface area contributed by atoms with Crippen LogP contribution in [0.4, 0.5) is 5.82 Å². The average molecular weight is 330 g/mol. The predicted molar refractivity (Wildman–Crippen MR) is 88.9 cm³/mol. The number of aliphatic carboxylic acids is 1. The lowest BCUT2D eigenvalue weighted by Gasteiger charge is -2.42. The molecule has 4 rings (SSSR count). The summed E-state index contributed by atoms with van der Waals surface area (Å²) < 4.78 is 2.14. The summed E-state index contributed by atoms with van der Waals surface area (Å²) in [6, 6.07) is 1.17. The summed E-state index contributed by atoms with van der Waals surface area (Å²) in [6.07, 6.45) is 7.69. The largest absolute Gasteiger partial charge is 0.480 e. The molecular weight excluding hydrogens is 308 g/mol. The van der Waals surface area contributed by atoms with Crippen LogP contribution in [0.3, 0.4) is 0 Å². The smallest absolute Gasteiger partial charge is 0.317 e. The molecule has 2 saturated carbocycles. The van der Waals surface area contributed by atoms with Crippen molar-refractivity contribution in [3.63, 3.8) is 0 Å². The monoisotopic (exact) mass is 330 g/mol. The third-order valence-corrected chi connectivity index (χ3v) is 5.01. The molecule has 0 aromatic carbocycles. The second-order valence-corrected chi connectivity index (χ2v) is 6.70. The number of anilines is 1. The second-order valence-electron chi connectivity index (χ2n) is 6.70. The van der Waals surface area contributed by atoms with Crippen LogP contribution in [0.15, 0.2) is 12.7 Å². The minimum absolute atomic E-state index is 0.109. The van der Waals surface area contributed by atoms with E-state index in [4.69, 9.17) is 5.11 Å². The predicted octanol–water partition coefficient (Wildman–Crippen LogP) is 1.51. The Balaban J connectivity index is 1.42. The molecule has 0 unspecified atom stereocenters. The highest BCUT2D eigenvalue weighted by atomic mass is 16.4. The number of rotatable bonds is 7. The number of carbonyl (C=O) groups is 1. The minimum atomic E-state index is -0.767. The van der Waals surface area contributed by atoms with E-state index in [0.717, 1.165) is 36.4 Å². The summed E-state index contributed by atoms with van der Waals surface area (Å²) in [5.74, 6) is 0.0144. The molecule has 8 nitrogen and oxygen atoms in total. The maximum atomic E-state index is 10.9. The summed E-state index contributed by atoms with van der Waals surface area (Å²) in [5.41, 5.74) is 1.72. The van der Waals surface area contributed by atoms with Crippen LogP contribution < -0.4 is 5.32 Å². The van der Waals surface area contributed by atoms with Crippen LogP contribution >= 0.6 is 0 Å². The van der Waals surface area contributed by atoms with Crippen molar-refractivity contribution < 1.29 is 9.90 Å². The second kappa shape index (κ2) is 6.01. The molecule has 2 aliphatic carbocycles. The Morgan fingerprint density at radius 2 is 2.17 bits per heavy atom. The van der Waals surface area contributed by atoms with Crippen molar-refractivity contribution in [1.82, 2.24) is 24.4 Å².